The Balaban J connectivity index is 1.10. The van der Waals surface area contributed by atoms with Crippen LogP contribution in [0.3, 0.4) is 0 Å². The van der Waals surface area contributed by atoms with Crippen molar-refractivity contribution in [2.45, 2.75) is 19.3 Å². The molecule has 1 aliphatic rings. The maximum absolute atomic E-state index is 6.26. The number of hydrogen-bond acceptors (Lipinski definition) is 4. The standard InChI is InChI=1S/C42H29N3O/c1-42(2)35-23-30(21-22-31(35)33-24-34-32-15-9-10-16-37(32)46-38(34)25-36(33)42)26-17-19-29(20-18-26)41-44-39(27-11-5-3-6-12-27)43-40(45-41)28-13-7-4-8-14-28/h3-25H,1-2H3. The summed E-state index contributed by atoms with van der Waals surface area (Å²) in [5, 5.41) is 2.33. The van der Waals surface area contributed by atoms with Crippen molar-refractivity contribution < 1.29 is 4.42 Å². The summed E-state index contributed by atoms with van der Waals surface area (Å²) < 4.78 is 6.26. The van der Waals surface area contributed by atoms with Crippen LogP contribution in [-0.4, -0.2) is 15.0 Å². The van der Waals surface area contributed by atoms with Crippen LogP contribution in [0.4, 0.5) is 0 Å². The number of aromatic nitrogens is 3. The Morgan fingerprint density at radius 2 is 0.935 bits per heavy atom. The first-order valence-electron chi connectivity index (χ1n) is 15.6. The fourth-order valence-electron chi connectivity index (χ4n) is 6.88. The molecule has 0 spiro atoms. The summed E-state index contributed by atoms with van der Waals surface area (Å²) >= 11 is 0. The quantitative estimate of drug-likeness (QED) is 0.204. The van der Waals surface area contributed by atoms with Gasteiger partial charge < -0.3 is 4.42 Å². The van der Waals surface area contributed by atoms with E-state index in [1.54, 1.807) is 0 Å². The molecule has 4 heteroatoms. The third-order valence-corrected chi connectivity index (χ3v) is 9.35. The normalized spacial score (nSPS) is 13.2. The van der Waals surface area contributed by atoms with Gasteiger partial charge in [0.15, 0.2) is 17.5 Å². The first kappa shape index (κ1) is 26.5. The van der Waals surface area contributed by atoms with Crippen LogP contribution in [0.1, 0.15) is 25.0 Å². The fourth-order valence-corrected chi connectivity index (χ4v) is 6.88. The summed E-state index contributed by atoms with van der Waals surface area (Å²) in [6.07, 6.45) is 0. The molecule has 0 saturated heterocycles. The minimum Gasteiger partial charge on any atom is -0.456 e. The van der Waals surface area contributed by atoms with E-state index in [4.69, 9.17) is 19.4 Å². The van der Waals surface area contributed by atoms with E-state index in [2.05, 4.69) is 80.6 Å². The number of fused-ring (bicyclic) bond motifs is 6. The number of rotatable bonds is 4. The number of benzene rings is 6. The topological polar surface area (TPSA) is 51.8 Å². The first-order valence-corrected chi connectivity index (χ1v) is 15.6. The van der Waals surface area contributed by atoms with Crippen LogP contribution in [0.5, 0.6) is 0 Å². The molecule has 0 N–H and O–H groups in total. The van der Waals surface area contributed by atoms with Crippen molar-refractivity contribution in [1.82, 2.24) is 15.0 Å². The van der Waals surface area contributed by atoms with Gasteiger partial charge in [-0.05, 0) is 57.6 Å². The molecule has 8 aromatic rings. The molecule has 0 bridgehead atoms. The lowest BCUT2D eigenvalue weighted by Gasteiger charge is -2.22. The Kier molecular flexibility index (Phi) is 5.81. The van der Waals surface area contributed by atoms with Crippen molar-refractivity contribution in [2.24, 2.45) is 0 Å². The highest BCUT2D eigenvalue weighted by atomic mass is 16.3. The maximum Gasteiger partial charge on any atom is 0.164 e. The maximum atomic E-state index is 6.26. The summed E-state index contributed by atoms with van der Waals surface area (Å²) in [5.74, 6) is 1.98. The number of hydrogen-bond donors (Lipinski definition) is 0. The highest BCUT2D eigenvalue weighted by molar-refractivity contribution is 6.07. The number of para-hydroxylation sites is 1. The van der Waals surface area contributed by atoms with Crippen LogP contribution in [0.15, 0.2) is 144 Å². The van der Waals surface area contributed by atoms with E-state index in [9.17, 15) is 0 Å². The van der Waals surface area contributed by atoms with Gasteiger partial charge in [-0.3, -0.25) is 0 Å². The van der Waals surface area contributed by atoms with Crippen LogP contribution in [0.25, 0.3) is 78.4 Å². The molecule has 46 heavy (non-hydrogen) atoms. The Labute approximate surface area is 267 Å². The molecule has 0 aliphatic heterocycles. The van der Waals surface area contributed by atoms with E-state index < -0.39 is 0 Å². The molecule has 0 fully saturated rings. The second-order valence-corrected chi connectivity index (χ2v) is 12.5. The second kappa shape index (κ2) is 10.1. The molecule has 0 radical (unpaired) electrons. The van der Waals surface area contributed by atoms with Gasteiger partial charge in [0.2, 0.25) is 0 Å². The number of nitrogens with zero attached hydrogens (tertiary/aromatic N) is 3. The van der Waals surface area contributed by atoms with Gasteiger partial charge in [0.25, 0.3) is 0 Å². The zero-order valence-corrected chi connectivity index (χ0v) is 25.5. The van der Waals surface area contributed by atoms with Gasteiger partial charge in [-0.2, -0.15) is 0 Å². The van der Waals surface area contributed by atoms with E-state index in [1.807, 2.05) is 72.8 Å². The molecule has 0 saturated carbocycles. The monoisotopic (exact) mass is 591 g/mol. The molecule has 0 atom stereocenters. The summed E-state index contributed by atoms with van der Waals surface area (Å²) in [4.78, 5) is 14.6. The van der Waals surface area contributed by atoms with Crippen molar-refractivity contribution in [3.05, 3.63) is 151 Å². The van der Waals surface area contributed by atoms with Crippen molar-refractivity contribution in [1.29, 1.82) is 0 Å². The second-order valence-electron chi connectivity index (χ2n) is 12.5. The van der Waals surface area contributed by atoms with Crippen molar-refractivity contribution in [2.75, 3.05) is 0 Å². The summed E-state index contributed by atoms with van der Waals surface area (Å²) in [7, 11) is 0. The van der Waals surface area contributed by atoms with E-state index in [1.165, 1.54) is 33.2 Å². The molecule has 0 amide bonds. The van der Waals surface area contributed by atoms with Crippen LogP contribution in [0, 0.1) is 0 Å². The van der Waals surface area contributed by atoms with Gasteiger partial charge in [-0.1, -0.05) is 129 Å². The Bertz CT molecular complexity index is 2370. The van der Waals surface area contributed by atoms with Crippen LogP contribution in [-0.2, 0) is 5.41 Å². The lowest BCUT2D eigenvalue weighted by molar-refractivity contribution is 0.647. The van der Waals surface area contributed by atoms with E-state index in [-0.39, 0.29) is 5.41 Å². The van der Waals surface area contributed by atoms with Crippen molar-refractivity contribution >= 4 is 21.9 Å². The van der Waals surface area contributed by atoms with E-state index in [0.717, 1.165) is 38.8 Å². The van der Waals surface area contributed by atoms with Gasteiger partial charge in [0.1, 0.15) is 11.2 Å². The fraction of sp³-hybridized carbons (Fsp3) is 0.0714. The average molecular weight is 592 g/mol. The molecular formula is C42H29N3O. The first-order chi connectivity index (χ1) is 22.5. The minimum absolute atomic E-state index is 0.152. The van der Waals surface area contributed by atoms with Crippen molar-refractivity contribution in [3.63, 3.8) is 0 Å². The van der Waals surface area contributed by atoms with Crippen LogP contribution < -0.4 is 0 Å². The SMILES string of the molecule is CC1(C)c2cc(-c3ccc(-c4nc(-c5ccccc5)nc(-c5ccccc5)n4)cc3)ccc2-c2cc3c(cc21)oc1ccccc13. The molecule has 2 heterocycles. The molecule has 9 rings (SSSR count). The third kappa shape index (κ3) is 4.18. The predicted molar refractivity (Wildman–Crippen MR) is 186 cm³/mol. The molecule has 6 aromatic carbocycles. The smallest absolute Gasteiger partial charge is 0.164 e. The lowest BCUT2D eigenvalue weighted by Crippen LogP contribution is -2.15. The van der Waals surface area contributed by atoms with Crippen LogP contribution in [0.2, 0.25) is 0 Å². The predicted octanol–water partition coefficient (Wildman–Crippen LogP) is 10.7. The van der Waals surface area contributed by atoms with Gasteiger partial charge >= 0.3 is 0 Å². The van der Waals surface area contributed by atoms with Gasteiger partial charge in [0, 0.05) is 32.9 Å². The highest BCUT2D eigenvalue weighted by Crippen LogP contribution is 2.51. The Morgan fingerprint density at radius 1 is 0.413 bits per heavy atom. The highest BCUT2D eigenvalue weighted by Gasteiger charge is 2.36. The molecule has 0 unspecified atom stereocenters. The molecule has 4 nitrogen and oxygen atoms in total. The molecule has 1 aliphatic carbocycles. The Hall–Kier alpha value is -5.87. The van der Waals surface area contributed by atoms with Crippen molar-refractivity contribution in [3.8, 4) is 56.4 Å². The van der Waals surface area contributed by atoms with Gasteiger partial charge in [0.05, 0.1) is 0 Å². The van der Waals surface area contributed by atoms with Gasteiger partial charge in [-0.25, -0.2) is 15.0 Å². The summed E-state index contributed by atoms with van der Waals surface area (Å²) in [6.45, 7) is 4.63. The molecule has 2 aromatic heterocycles. The number of furan rings is 1. The zero-order chi connectivity index (χ0) is 30.8. The van der Waals surface area contributed by atoms with E-state index in [0.29, 0.717) is 17.5 Å². The summed E-state index contributed by atoms with van der Waals surface area (Å²) in [6, 6.07) is 48.4. The van der Waals surface area contributed by atoms with Crippen LogP contribution >= 0.6 is 0 Å². The van der Waals surface area contributed by atoms with Gasteiger partial charge in [-0.15, -0.1) is 0 Å². The molecular weight excluding hydrogens is 562 g/mol. The summed E-state index contributed by atoms with van der Waals surface area (Å²) in [5.41, 5.74) is 12.2. The molecule has 218 valence electrons. The minimum atomic E-state index is -0.152. The zero-order valence-electron chi connectivity index (χ0n) is 25.5. The lowest BCUT2D eigenvalue weighted by atomic mass is 9.81. The average Bonchev–Trinajstić information content (AvgIpc) is 3.59. The largest absolute Gasteiger partial charge is 0.456 e. The Morgan fingerprint density at radius 3 is 1.59 bits per heavy atom. The third-order valence-electron chi connectivity index (χ3n) is 9.35. The van der Waals surface area contributed by atoms with E-state index >= 15 is 0 Å².